The second-order valence-corrected chi connectivity index (χ2v) is 5.40. The lowest BCUT2D eigenvalue weighted by molar-refractivity contribution is 0.174. The van der Waals surface area contributed by atoms with Gasteiger partial charge in [0.1, 0.15) is 0 Å². The average Bonchev–Trinajstić information content (AvgIpc) is 2.13. The van der Waals surface area contributed by atoms with Gasteiger partial charge in [-0.05, 0) is 24.1 Å². The molecule has 0 amide bonds. The standard InChI is InChI=1S/C9H12ClNO3S/c10-8-3-1-2-7(6-8)9(12)4-5-15(11,13)14/h1-3,6,9,12H,4-5H2,(H2,11,13,14). The molecule has 1 rings (SSSR count). The Kier molecular flexibility index (Phi) is 4.10. The summed E-state index contributed by atoms with van der Waals surface area (Å²) in [4.78, 5) is 0. The van der Waals surface area contributed by atoms with Crippen LogP contribution in [0.15, 0.2) is 24.3 Å². The molecule has 1 unspecified atom stereocenters. The van der Waals surface area contributed by atoms with Crippen molar-refractivity contribution in [3.8, 4) is 0 Å². The van der Waals surface area contributed by atoms with E-state index in [1.54, 1.807) is 24.3 Å². The monoisotopic (exact) mass is 249 g/mol. The third-order valence-electron chi connectivity index (χ3n) is 1.91. The van der Waals surface area contributed by atoms with E-state index in [0.29, 0.717) is 10.6 Å². The number of sulfonamides is 1. The number of aliphatic hydroxyl groups is 1. The van der Waals surface area contributed by atoms with Gasteiger partial charge in [-0.3, -0.25) is 0 Å². The number of nitrogens with two attached hydrogens (primary N) is 1. The van der Waals surface area contributed by atoms with Gasteiger partial charge in [0.2, 0.25) is 10.0 Å². The largest absolute Gasteiger partial charge is 0.388 e. The van der Waals surface area contributed by atoms with E-state index in [1.165, 1.54) is 0 Å². The number of primary sulfonamides is 1. The normalized spacial score (nSPS) is 13.8. The van der Waals surface area contributed by atoms with E-state index in [1.807, 2.05) is 0 Å². The fourth-order valence-corrected chi connectivity index (χ4v) is 1.91. The first kappa shape index (κ1) is 12.4. The van der Waals surface area contributed by atoms with E-state index in [4.69, 9.17) is 16.7 Å². The summed E-state index contributed by atoms with van der Waals surface area (Å²) < 4.78 is 21.3. The third-order valence-corrected chi connectivity index (χ3v) is 2.95. The second kappa shape index (κ2) is 4.94. The zero-order valence-electron chi connectivity index (χ0n) is 7.93. The van der Waals surface area contributed by atoms with Crippen molar-refractivity contribution in [1.82, 2.24) is 0 Å². The molecule has 0 fully saturated rings. The molecule has 0 aliphatic rings. The van der Waals surface area contributed by atoms with Gasteiger partial charge in [-0.1, -0.05) is 23.7 Å². The maximum atomic E-state index is 10.7. The van der Waals surface area contributed by atoms with Crippen molar-refractivity contribution in [1.29, 1.82) is 0 Å². The first-order chi connectivity index (χ1) is 6.88. The number of hydrogen-bond acceptors (Lipinski definition) is 3. The molecule has 4 nitrogen and oxygen atoms in total. The van der Waals surface area contributed by atoms with Gasteiger partial charge in [0, 0.05) is 5.02 Å². The highest BCUT2D eigenvalue weighted by Gasteiger charge is 2.11. The molecule has 0 bridgehead atoms. The summed E-state index contributed by atoms with van der Waals surface area (Å²) >= 11 is 5.72. The molecule has 0 spiro atoms. The van der Waals surface area contributed by atoms with Crippen LogP contribution in [0.4, 0.5) is 0 Å². The lowest BCUT2D eigenvalue weighted by Crippen LogP contribution is -2.18. The van der Waals surface area contributed by atoms with Crippen molar-refractivity contribution in [2.24, 2.45) is 5.14 Å². The minimum atomic E-state index is -3.53. The second-order valence-electron chi connectivity index (χ2n) is 3.23. The van der Waals surface area contributed by atoms with Crippen LogP contribution >= 0.6 is 11.6 Å². The van der Waals surface area contributed by atoms with Crippen LogP contribution in [0.5, 0.6) is 0 Å². The zero-order valence-corrected chi connectivity index (χ0v) is 9.50. The Morgan fingerprint density at radius 2 is 2.13 bits per heavy atom. The van der Waals surface area contributed by atoms with E-state index >= 15 is 0 Å². The molecule has 1 atom stereocenters. The number of rotatable bonds is 4. The molecule has 0 aliphatic heterocycles. The van der Waals surface area contributed by atoms with Gasteiger partial charge < -0.3 is 5.11 Å². The van der Waals surface area contributed by atoms with Crippen molar-refractivity contribution in [2.45, 2.75) is 12.5 Å². The molecule has 15 heavy (non-hydrogen) atoms. The average molecular weight is 250 g/mol. The summed E-state index contributed by atoms with van der Waals surface area (Å²) in [5.74, 6) is -0.249. The van der Waals surface area contributed by atoms with E-state index in [2.05, 4.69) is 0 Å². The van der Waals surface area contributed by atoms with Crippen molar-refractivity contribution in [3.63, 3.8) is 0 Å². The van der Waals surface area contributed by atoms with Gasteiger partial charge in [0.05, 0.1) is 11.9 Å². The Bertz CT molecular complexity index is 433. The van der Waals surface area contributed by atoms with Crippen molar-refractivity contribution in [3.05, 3.63) is 34.9 Å². The van der Waals surface area contributed by atoms with Crippen LogP contribution in [0.1, 0.15) is 18.1 Å². The van der Waals surface area contributed by atoms with Crippen molar-refractivity contribution in [2.75, 3.05) is 5.75 Å². The molecule has 84 valence electrons. The quantitative estimate of drug-likeness (QED) is 0.837. The van der Waals surface area contributed by atoms with E-state index in [9.17, 15) is 13.5 Å². The fraction of sp³-hybridized carbons (Fsp3) is 0.333. The van der Waals surface area contributed by atoms with Gasteiger partial charge in [-0.15, -0.1) is 0 Å². The Morgan fingerprint density at radius 3 is 2.67 bits per heavy atom. The van der Waals surface area contributed by atoms with Crippen LogP contribution in [0.3, 0.4) is 0 Å². The highest BCUT2D eigenvalue weighted by Crippen LogP contribution is 2.20. The predicted molar refractivity (Wildman–Crippen MR) is 59.0 cm³/mol. The van der Waals surface area contributed by atoms with Gasteiger partial charge >= 0.3 is 0 Å². The molecule has 0 heterocycles. The lowest BCUT2D eigenvalue weighted by Gasteiger charge is -2.10. The molecular formula is C9H12ClNO3S. The maximum Gasteiger partial charge on any atom is 0.209 e. The lowest BCUT2D eigenvalue weighted by atomic mass is 10.1. The van der Waals surface area contributed by atoms with Crippen LogP contribution < -0.4 is 5.14 Å². The first-order valence-electron chi connectivity index (χ1n) is 4.32. The maximum absolute atomic E-state index is 10.7. The SMILES string of the molecule is NS(=O)(=O)CCC(O)c1cccc(Cl)c1. The fourth-order valence-electron chi connectivity index (χ4n) is 1.16. The van der Waals surface area contributed by atoms with Crippen LogP contribution in [-0.2, 0) is 10.0 Å². The van der Waals surface area contributed by atoms with E-state index < -0.39 is 16.1 Å². The Morgan fingerprint density at radius 1 is 1.47 bits per heavy atom. The number of halogens is 1. The molecule has 1 aromatic rings. The minimum Gasteiger partial charge on any atom is -0.388 e. The Hall–Kier alpha value is -0.620. The molecular weight excluding hydrogens is 238 g/mol. The number of benzene rings is 1. The molecule has 6 heteroatoms. The van der Waals surface area contributed by atoms with Crippen molar-refractivity contribution < 1.29 is 13.5 Å². The highest BCUT2D eigenvalue weighted by molar-refractivity contribution is 7.89. The first-order valence-corrected chi connectivity index (χ1v) is 6.42. The molecule has 0 radical (unpaired) electrons. The smallest absolute Gasteiger partial charge is 0.209 e. The third kappa shape index (κ3) is 4.61. The van der Waals surface area contributed by atoms with Crippen LogP contribution in [0, 0.1) is 0 Å². The Labute approximate surface area is 93.7 Å². The minimum absolute atomic E-state index is 0.0686. The summed E-state index contributed by atoms with van der Waals surface area (Å²) in [6.45, 7) is 0. The van der Waals surface area contributed by atoms with Crippen LogP contribution in [0.25, 0.3) is 0 Å². The van der Waals surface area contributed by atoms with Gasteiger partial charge in [-0.2, -0.15) is 0 Å². The van der Waals surface area contributed by atoms with Gasteiger partial charge in [0.15, 0.2) is 0 Å². The number of hydrogen-bond donors (Lipinski definition) is 2. The summed E-state index contributed by atoms with van der Waals surface area (Å²) in [6.07, 6.45) is -0.791. The van der Waals surface area contributed by atoms with Gasteiger partial charge in [-0.25, -0.2) is 13.6 Å². The summed E-state index contributed by atoms with van der Waals surface area (Å²) in [7, 11) is -3.53. The summed E-state index contributed by atoms with van der Waals surface area (Å²) in [6, 6.07) is 6.64. The molecule has 0 aromatic heterocycles. The number of aliphatic hydroxyl groups excluding tert-OH is 1. The van der Waals surface area contributed by atoms with E-state index in [0.717, 1.165) is 0 Å². The molecule has 1 aromatic carbocycles. The molecule has 0 saturated carbocycles. The summed E-state index contributed by atoms with van der Waals surface area (Å²) in [5.41, 5.74) is 0.589. The zero-order chi connectivity index (χ0) is 11.5. The molecule has 0 aliphatic carbocycles. The van der Waals surface area contributed by atoms with Crippen molar-refractivity contribution >= 4 is 21.6 Å². The molecule has 3 N–H and O–H groups in total. The summed E-state index contributed by atoms with van der Waals surface area (Å²) in [5, 5.41) is 15.0. The predicted octanol–water partition coefficient (Wildman–Crippen LogP) is 1.05. The van der Waals surface area contributed by atoms with E-state index in [-0.39, 0.29) is 12.2 Å². The Balaban J connectivity index is 2.65. The van der Waals surface area contributed by atoms with Gasteiger partial charge in [0.25, 0.3) is 0 Å². The molecule has 0 saturated heterocycles. The highest BCUT2D eigenvalue weighted by atomic mass is 35.5. The van der Waals surface area contributed by atoms with Crippen LogP contribution in [-0.4, -0.2) is 19.3 Å². The topological polar surface area (TPSA) is 80.4 Å². The van der Waals surface area contributed by atoms with Crippen LogP contribution in [0.2, 0.25) is 5.02 Å².